The lowest BCUT2D eigenvalue weighted by Crippen LogP contribution is -2.31. The maximum atomic E-state index is 12.1. The molecule has 0 aliphatic heterocycles. The van der Waals surface area contributed by atoms with Crippen molar-refractivity contribution >= 4 is 5.91 Å². The fourth-order valence-corrected chi connectivity index (χ4v) is 1.70. The number of nitrogens with one attached hydrogen (secondary N) is 1. The molecule has 1 unspecified atom stereocenters. The van der Waals surface area contributed by atoms with E-state index in [1.54, 1.807) is 13.2 Å². The van der Waals surface area contributed by atoms with Crippen molar-refractivity contribution in [2.75, 3.05) is 7.11 Å². The molecule has 4 nitrogen and oxygen atoms in total. The molecular weight excluding hydrogens is 254 g/mol. The fraction of sp³-hybridized carbons (Fsp3) is 0.562. The average Bonchev–Trinajstić information content (AvgIpc) is 2.44. The minimum absolute atomic E-state index is 0.0622. The molecule has 1 amide bonds. The lowest BCUT2D eigenvalue weighted by molar-refractivity contribution is 0.0644. The smallest absolute Gasteiger partial charge is 0.251 e. The summed E-state index contributed by atoms with van der Waals surface area (Å²) < 4.78 is 10.9. The summed E-state index contributed by atoms with van der Waals surface area (Å²) in [5, 5.41) is 2.95. The van der Waals surface area contributed by atoms with E-state index in [4.69, 9.17) is 9.47 Å². The zero-order valence-corrected chi connectivity index (χ0v) is 13.0. The zero-order chi connectivity index (χ0) is 15.1. The molecule has 1 aromatic rings. The number of hydrogen-bond acceptors (Lipinski definition) is 3. The summed E-state index contributed by atoms with van der Waals surface area (Å²) in [4.78, 5) is 12.1. The largest absolute Gasteiger partial charge is 0.496 e. The zero-order valence-electron chi connectivity index (χ0n) is 13.0. The second-order valence-corrected chi connectivity index (χ2v) is 5.17. The Morgan fingerprint density at radius 3 is 2.55 bits per heavy atom. The second kappa shape index (κ2) is 7.90. The van der Waals surface area contributed by atoms with Crippen LogP contribution < -0.4 is 10.1 Å². The van der Waals surface area contributed by atoms with Gasteiger partial charge in [-0.25, -0.2) is 0 Å². The molecule has 0 bridgehead atoms. The van der Waals surface area contributed by atoms with Crippen LogP contribution in [0.3, 0.4) is 0 Å². The van der Waals surface area contributed by atoms with E-state index in [9.17, 15) is 4.79 Å². The van der Waals surface area contributed by atoms with Crippen LogP contribution in [0.1, 0.15) is 50.0 Å². The van der Waals surface area contributed by atoms with E-state index in [-0.39, 0.29) is 18.1 Å². The molecule has 0 spiro atoms. The summed E-state index contributed by atoms with van der Waals surface area (Å²) in [6.07, 6.45) is 1.04. The van der Waals surface area contributed by atoms with Crippen molar-refractivity contribution in [3.63, 3.8) is 0 Å². The Labute approximate surface area is 121 Å². The van der Waals surface area contributed by atoms with Gasteiger partial charge in [-0.15, -0.1) is 0 Å². The molecule has 0 aromatic heterocycles. The van der Waals surface area contributed by atoms with Gasteiger partial charge in [-0.05, 0) is 45.4 Å². The highest BCUT2D eigenvalue weighted by molar-refractivity contribution is 5.94. The maximum absolute atomic E-state index is 12.1. The van der Waals surface area contributed by atoms with Crippen molar-refractivity contribution in [2.24, 2.45) is 0 Å². The molecule has 0 saturated heterocycles. The summed E-state index contributed by atoms with van der Waals surface area (Å²) in [7, 11) is 1.62. The number of hydrogen-bond donors (Lipinski definition) is 1. The third kappa shape index (κ3) is 4.85. The van der Waals surface area contributed by atoms with Gasteiger partial charge >= 0.3 is 0 Å². The Hall–Kier alpha value is -1.55. The van der Waals surface area contributed by atoms with Gasteiger partial charge in [0.1, 0.15) is 5.75 Å². The van der Waals surface area contributed by atoms with Gasteiger partial charge < -0.3 is 14.8 Å². The Bertz CT molecular complexity index is 443. The monoisotopic (exact) mass is 279 g/mol. The highest BCUT2D eigenvalue weighted by Crippen LogP contribution is 2.21. The number of rotatable bonds is 7. The van der Waals surface area contributed by atoms with Crippen molar-refractivity contribution in [1.82, 2.24) is 5.32 Å². The lowest BCUT2D eigenvalue weighted by atomic mass is 10.1. The summed E-state index contributed by atoms with van der Waals surface area (Å²) in [6, 6.07) is 5.58. The average molecular weight is 279 g/mol. The molecule has 1 N–H and O–H groups in total. The highest BCUT2D eigenvalue weighted by Gasteiger charge is 2.12. The van der Waals surface area contributed by atoms with Gasteiger partial charge in [0.25, 0.3) is 5.91 Å². The van der Waals surface area contributed by atoms with Crippen molar-refractivity contribution < 1.29 is 14.3 Å². The molecule has 20 heavy (non-hydrogen) atoms. The Balaban J connectivity index is 2.88. The van der Waals surface area contributed by atoms with E-state index < -0.39 is 0 Å². The van der Waals surface area contributed by atoms with Crippen LogP contribution in [0.25, 0.3) is 0 Å². The molecule has 0 heterocycles. The first-order valence-corrected chi connectivity index (χ1v) is 7.07. The van der Waals surface area contributed by atoms with Crippen molar-refractivity contribution in [3.8, 4) is 5.75 Å². The van der Waals surface area contributed by atoms with E-state index in [1.807, 2.05) is 39.8 Å². The molecular formula is C16H25NO3. The molecule has 112 valence electrons. The third-order valence-electron chi connectivity index (χ3n) is 3.10. The highest BCUT2D eigenvalue weighted by atomic mass is 16.5. The summed E-state index contributed by atoms with van der Waals surface area (Å²) in [6.45, 7) is 8.42. The van der Waals surface area contributed by atoms with Crippen molar-refractivity contribution in [3.05, 3.63) is 29.3 Å². The van der Waals surface area contributed by atoms with Crippen LogP contribution in [0, 0.1) is 0 Å². The molecule has 0 fully saturated rings. The molecule has 1 atom stereocenters. The number of carbonyl (C=O) groups excluding carboxylic acids is 1. The summed E-state index contributed by atoms with van der Waals surface area (Å²) in [5.41, 5.74) is 1.52. The van der Waals surface area contributed by atoms with E-state index >= 15 is 0 Å². The topological polar surface area (TPSA) is 47.6 Å². The molecule has 0 aliphatic carbocycles. The number of benzene rings is 1. The van der Waals surface area contributed by atoms with Crippen LogP contribution in [-0.4, -0.2) is 25.2 Å². The van der Waals surface area contributed by atoms with Crippen LogP contribution in [0.4, 0.5) is 0 Å². The van der Waals surface area contributed by atoms with E-state index in [0.717, 1.165) is 17.7 Å². The van der Waals surface area contributed by atoms with Crippen LogP contribution in [0.5, 0.6) is 5.75 Å². The predicted molar refractivity (Wildman–Crippen MR) is 80.1 cm³/mol. The molecule has 0 aliphatic rings. The van der Waals surface area contributed by atoms with Crippen molar-refractivity contribution in [1.29, 1.82) is 0 Å². The maximum Gasteiger partial charge on any atom is 0.251 e. The Morgan fingerprint density at radius 2 is 2.00 bits per heavy atom. The third-order valence-corrected chi connectivity index (χ3v) is 3.10. The van der Waals surface area contributed by atoms with Gasteiger partial charge in [-0.3, -0.25) is 4.79 Å². The minimum atomic E-state index is -0.0622. The van der Waals surface area contributed by atoms with Gasteiger partial charge in [0.15, 0.2) is 0 Å². The summed E-state index contributed by atoms with van der Waals surface area (Å²) >= 11 is 0. The first-order valence-electron chi connectivity index (χ1n) is 7.07. The van der Waals surface area contributed by atoms with Crippen LogP contribution in [0.2, 0.25) is 0 Å². The molecule has 0 radical (unpaired) electrons. The number of methoxy groups -OCH3 is 1. The van der Waals surface area contributed by atoms with Crippen LogP contribution in [0.15, 0.2) is 18.2 Å². The molecule has 1 aromatic carbocycles. The van der Waals surface area contributed by atoms with Crippen LogP contribution in [-0.2, 0) is 11.3 Å². The van der Waals surface area contributed by atoms with Crippen molar-refractivity contribution in [2.45, 2.75) is 52.9 Å². The quantitative estimate of drug-likeness (QED) is 0.834. The first-order chi connectivity index (χ1) is 9.47. The normalized spacial score (nSPS) is 12.3. The van der Waals surface area contributed by atoms with E-state index in [0.29, 0.717) is 12.2 Å². The van der Waals surface area contributed by atoms with Crippen LogP contribution >= 0.6 is 0 Å². The first kappa shape index (κ1) is 16.5. The molecule has 1 rings (SSSR count). The van der Waals surface area contributed by atoms with E-state index in [2.05, 4.69) is 5.32 Å². The molecule has 4 heteroatoms. The Kier molecular flexibility index (Phi) is 6.52. The number of ether oxygens (including phenoxy) is 2. The van der Waals surface area contributed by atoms with E-state index in [1.165, 1.54) is 0 Å². The van der Waals surface area contributed by atoms with Gasteiger partial charge in [0.2, 0.25) is 0 Å². The second-order valence-electron chi connectivity index (χ2n) is 5.17. The minimum Gasteiger partial charge on any atom is -0.496 e. The predicted octanol–water partition coefficient (Wildman–Crippen LogP) is 3.15. The lowest BCUT2D eigenvalue weighted by Gasteiger charge is -2.15. The fourth-order valence-electron chi connectivity index (χ4n) is 1.70. The van der Waals surface area contributed by atoms with Gasteiger partial charge in [-0.2, -0.15) is 0 Å². The van der Waals surface area contributed by atoms with Gasteiger partial charge in [0, 0.05) is 17.2 Å². The SMILES string of the molecule is CCC(C)NC(=O)c1ccc(OC)c(COC(C)C)c1. The number of carbonyl (C=O) groups is 1. The standard InChI is InChI=1S/C16H25NO3/c1-6-12(4)17-16(18)13-7-8-15(19-5)14(9-13)10-20-11(2)3/h7-9,11-12H,6,10H2,1-5H3,(H,17,18). The molecule has 0 saturated carbocycles. The van der Waals surface area contributed by atoms with Gasteiger partial charge in [0.05, 0.1) is 19.8 Å². The summed E-state index contributed by atoms with van der Waals surface area (Å²) in [5.74, 6) is 0.679. The Morgan fingerprint density at radius 1 is 1.30 bits per heavy atom. The number of amides is 1. The van der Waals surface area contributed by atoms with Gasteiger partial charge in [-0.1, -0.05) is 6.92 Å².